The molecule has 0 amide bonds. The molecule has 1 aliphatic heterocycles. The highest BCUT2D eigenvalue weighted by Crippen LogP contribution is 2.43. The van der Waals surface area contributed by atoms with E-state index in [9.17, 15) is 4.39 Å². The average molecular weight is 279 g/mol. The summed E-state index contributed by atoms with van der Waals surface area (Å²) in [6, 6.07) is 4.89. The lowest BCUT2D eigenvalue weighted by molar-refractivity contribution is -0.153. The summed E-state index contributed by atoms with van der Waals surface area (Å²) < 4.78 is 25.5. The Balaban J connectivity index is 1.67. The smallest absolute Gasteiger partial charge is 0.127 e. The van der Waals surface area contributed by atoms with E-state index in [0.717, 1.165) is 37.9 Å². The van der Waals surface area contributed by atoms with Crippen molar-refractivity contribution in [1.82, 2.24) is 0 Å². The third-order valence-electron chi connectivity index (χ3n) is 4.38. The highest BCUT2D eigenvalue weighted by atomic mass is 19.1. The molecule has 110 valence electrons. The monoisotopic (exact) mass is 279 g/mol. The molecule has 1 saturated heterocycles. The molecule has 4 heteroatoms. The summed E-state index contributed by atoms with van der Waals surface area (Å²) in [6.45, 7) is 1.26. The van der Waals surface area contributed by atoms with Crippen molar-refractivity contribution in [3.8, 4) is 5.75 Å². The Morgan fingerprint density at radius 3 is 2.90 bits per heavy atom. The first-order valence-electron chi connectivity index (χ1n) is 7.49. The number of benzene rings is 1. The molecule has 1 heterocycles. The van der Waals surface area contributed by atoms with Gasteiger partial charge in [-0.05, 0) is 49.9 Å². The second kappa shape index (κ2) is 5.70. The van der Waals surface area contributed by atoms with Gasteiger partial charge in [0.2, 0.25) is 0 Å². The van der Waals surface area contributed by atoms with Crippen molar-refractivity contribution >= 4 is 0 Å². The van der Waals surface area contributed by atoms with Gasteiger partial charge in [-0.3, -0.25) is 0 Å². The maximum atomic E-state index is 13.6. The summed E-state index contributed by atoms with van der Waals surface area (Å²) in [5.41, 5.74) is 6.47. The van der Waals surface area contributed by atoms with Gasteiger partial charge >= 0.3 is 0 Å². The molecule has 20 heavy (non-hydrogen) atoms. The first-order valence-corrected chi connectivity index (χ1v) is 7.49. The highest BCUT2D eigenvalue weighted by molar-refractivity contribution is 5.30. The minimum absolute atomic E-state index is 0.0519. The molecule has 1 aliphatic carbocycles. The van der Waals surface area contributed by atoms with Crippen molar-refractivity contribution in [2.75, 3.05) is 13.2 Å². The average Bonchev–Trinajstić information content (AvgIpc) is 2.37. The standard InChI is InChI=1S/C16H22FNO2/c17-13-8-12(2-6-18)9-15(10-13)20-14-3-7-19-16(11-14)4-1-5-16/h8-10,14H,1-7,11,18H2. The fraction of sp³-hybridized carbons (Fsp3) is 0.625. The molecule has 1 aromatic carbocycles. The van der Waals surface area contributed by atoms with Crippen LogP contribution in [0.1, 0.15) is 37.7 Å². The predicted octanol–water partition coefficient (Wildman–Crippen LogP) is 2.81. The van der Waals surface area contributed by atoms with Gasteiger partial charge in [0.1, 0.15) is 17.7 Å². The number of hydrogen-bond donors (Lipinski definition) is 1. The first kappa shape index (κ1) is 13.8. The predicted molar refractivity (Wildman–Crippen MR) is 75.3 cm³/mol. The molecule has 1 atom stereocenters. The third-order valence-corrected chi connectivity index (χ3v) is 4.38. The summed E-state index contributed by atoms with van der Waals surface area (Å²) in [5.74, 6) is 0.367. The van der Waals surface area contributed by atoms with Crippen LogP contribution in [0.25, 0.3) is 0 Å². The van der Waals surface area contributed by atoms with Gasteiger partial charge in [0, 0.05) is 18.9 Å². The van der Waals surface area contributed by atoms with Crippen LogP contribution < -0.4 is 10.5 Å². The fourth-order valence-electron chi connectivity index (χ4n) is 3.20. The second-order valence-corrected chi connectivity index (χ2v) is 5.95. The Morgan fingerprint density at radius 2 is 2.20 bits per heavy atom. The number of nitrogens with two attached hydrogens (primary N) is 1. The zero-order chi connectivity index (χ0) is 14.0. The number of hydrogen-bond acceptors (Lipinski definition) is 3. The van der Waals surface area contributed by atoms with Crippen molar-refractivity contribution in [1.29, 1.82) is 0 Å². The summed E-state index contributed by atoms with van der Waals surface area (Å²) in [6.07, 6.45) is 6.12. The van der Waals surface area contributed by atoms with Crippen molar-refractivity contribution in [3.05, 3.63) is 29.6 Å². The van der Waals surface area contributed by atoms with E-state index in [1.54, 1.807) is 0 Å². The normalized spacial score (nSPS) is 24.4. The number of ether oxygens (including phenoxy) is 2. The van der Waals surface area contributed by atoms with Crippen LogP contribution in [0.15, 0.2) is 18.2 Å². The molecular weight excluding hydrogens is 257 g/mol. The molecule has 0 bridgehead atoms. The van der Waals surface area contributed by atoms with E-state index in [0.29, 0.717) is 18.7 Å². The first-order chi connectivity index (χ1) is 9.69. The molecule has 0 radical (unpaired) electrons. The molecular formula is C16H22FNO2. The zero-order valence-corrected chi connectivity index (χ0v) is 11.7. The van der Waals surface area contributed by atoms with Crippen LogP contribution in [0, 0.1) is 5.82 Å². The lowest BCUT2D eigenvalue weighted by Crippen LogP contribution is -2.48. The molecule has 0 aromatic heterocycles. The molecule has 2 N–H and O–H groups in total. The van der Waals surface area contributed by atoms with Gasteiger partial charge in [-0.15, -0.1) is 0 Å². The van der Waals surface area contributed by atoms with Gasteiger partial charge in [-0.2, -0.15) is 0 Å². The Hall–Kier alpha value is -1.13. The molecule has 1 unspecified atom stereocenters. The number of rotatable bonds is 4. The third kappa shape index (κ3) is 2.96. The van der Waals surface area contributed by atoms with Gasteiger partial charge in [0.25, 0.3) is 0 Å². The maximum absolute atomic E-state index is 13.6. The van der Waals surface area contributed by atoms with Crippen LogP contribution >= 0.6 is 0 Å². The quantitative estimate of drug-likeness (QED) is 0.921. The van der Waals surface area contributed by atoms with Crippen molar-refractivity contribution in [2.45, 2.75) is 50.2 Å². The van der Waals surface area contributed by atoms with Crippen molar-refractivity contribution in [2.24, 2.45) is 5.73 Å². The second-order valence-electron chi connectivity index (χ2n) is 5.95. The van der Waals surface area contributed by atoms with E-state index in [-0.39, 0.29) is 17.5 Å². The minimum atomic E-state index is -0.253. The zero-order valence-electron chi connectivity index (χ0n) is 11.7. The summed E-state index contributed by atoms with van der Waals surface area (Å²) in [5, 5.41) is 0. The SMILES string of the molecule is NCCc1cc(F)cc(OC2CCOC3(CCC3)C2)c1. The van der Waals surface area contributed by atoms with Crippen LogP contribution in [-0.2, 0) is 11.2 Å². The van der Waals surface area contributed by atoms with E-state index in [2.05, 4.69) is 0 Å². The Bertz CT molecular complexity index is 474. The van der Waals surface area contributed by atoms with Gasteiger partial charge in [-0.1, -0.05) is 0 Å². The fourth-order valence-corrected chi connectivity index (χ4v) is 3.20. The minimum Gasteiger partial charge on any atom is -0.490 e. The van der Waals surface area contributed by atoms with Crippen LogP contribution in [-0.4, -0.2) is 24.9 Å². The van der Waals surface area contributed by atoms with E-state index in [4.69, 9.17) is 15.2 Å². The lowest BCUT2D eigenvalue weighted by atomic mass is 9.74. The molecule has 3 nitrogen and oxygen atoms in total. The van der Waals surface area contributed by atoms with Gasteiger partial charge in [0.15, 0.2) is 0 Å². The van der Waals surface area contributed by atoms with Crippen LogP contribution in [0.5, 0.6) is 5.75 Å². The molecule has 2 fully saturated rings. The topological polar surface area (TPSA) is 44.5 Å². The van der Waals surface area contributed by atoms with Crippen LogP contribution in [0.4, 0.5) is 4.39 Å². The van der Waals surface area contributed by atoms with Gasteiger partial charge in [-0.25, -0.2) is 4.39 Å². The maximum Gasteiger partial charge on any atom is 0.127 e. The van der Waals surface area contributed by atoms with E-state index < -0.39 is 0 Å². The van der Waals surface area contributed by atoms with E-state index >= 15 is 0 Å². The van der Waals surface area contributed by atoms with E-state index in [1.807, 2.05) is 6.07 Å². The van der Waals surface area contributed by atoms with Crippen molar-refractivity contribution < 1.29 is 13.9 Å². The highest BCUT2D eigenvalue weighted by Gasteiger charge is 2.43. The van der Waals surface area contributed by atoms with Gasteiger partial charge in [0.05, 0.1) is 12.2 Å². The number of halogens is 1. The summed E-state index contributed by atoms with van der Waals surface area (Å²) in [4.78, 5) is 0. The largest absolute Gasteiger partial charge is 0.490 e. The van der Waals surface area contributed by atoms with Crippen molar-refractivity contribution in [3.63, 3.8) is 0 Å². The molecule has 1 spiro atoms. The summed E-state index contributed by atoms with van der Waals surface area (Å²) in [7, 11) is 0. The molecule has 3 rings (SSSR count). The molecule has 2 aliphatic rings. The molecule has 1 saturated carbocycles. The van der Waals surface area contributed by atoms with Crippen LogP contribution in [0.3, 0.4) is 0 Å². The van der Waals surface area contributed by atoms with Crippen LogP contribution in [0.2, 0.25) is 0 Å². The Morgan fingerprint density at radius 1 is 1.35 bits per heavy atom. The van der Waals surface area contributed by atoms with Gasteiger partial charge < -0.3 is 15.2 Å². The Kier molecular flexibility index (Phi) is 3.94. The Labute approximate surface area is 119 Å². The molecule has 1 aromatic rings. The van der Waals surface area contributed by atoms with E-state index in [1.165, 1.54) is 18.6 Å². The summed E-state index contributed by atoms with van der Waals surface area (Å²) >= 11 is 0. The lowest BCUT2D eigenvalue weighted by Gasteiger charge is -2.46.